The summed E-state index contributed by atoms with van der Waals surface area (Å²) in [6, 6.07) is 7.43. The number of thiophene rings is 1. The Labute approximate surface area is 161 Å². The van der Waals surface area contributed by atoms with Crippen LogP contribution in [-0.2, 0) is 13.0 Å². The van der Waals surface area contributed by atoms with Crippen molar-refractivity contribution in [2.45, 2.75) is 32.9 Å². The first-order chi connectivity index (χ1) is 11.9. The molecule has 1 aromatic heterocycles. The quantitative estimate of drug-likeness (QED) is 0.802. The first-order valence-corrected chi connectivity index (χ1v) is 9.53. The number of benzene rings is 1. The van der Waals surface area contributed by atoms with Gasteiger partial charge in [0.25, 0.3) is 5.91 Å². The van der Waals surface area contributed by atoms with Crippen molar-refractivity contribution in [3.63, 3.8) is 0 Å². The first-order valence-electron chi connectivity index (χ1n) is 7.95. The van der Waals surface area contributed by atoms with Crippen molar-refractivity contribution in [2.24, 2.45) is 0 Å². The molecule has 0 bridgehead atoms. The maximum atomic E-state index is 12.5. The molecule has 0 radical (unpaired) electrons. The van der Waals surface area contributed by atoms with E-state index in [1.165, 1.54) is 17.4 Å². The summed E-state index contributed by atoms with van der Waals surface area (Å²) in [5.41, 5.74) is 1.97. The highest BCUT2D eigenvalue weighted by Gasteiger charge is 2.26. The van der Waals surface area contributed by atoms with Crippen LogP contribution in [0.5, 0.6) is 0 Å². The summed E-state index contributed by atoms with van der Waals surface area (Å²) < 4.78 is 0. The lowest BCUT2D eigenvalue weighted by atomic mass is 10.0. The molecule has 1 N–H and O–H groups in total. The molecule has 0 unspecified atom stereocenters. The van der Waals surface area contributed by atoms with Gasteiger partial charge in [-0.3, -0.25) is 9.69 Å². The number of carbonyl (C=O) groups excluding carboxylic acids is 1. The Morgan fingerprint density at radius 2 is 2.16 bits per heavy atom. The second-order valence-electron chi connectivity index (χ2n) is 6.21. The molecule has 7 heteroatoms. The Morgan fingerprint density at radius 3 is 2.80 bits per heavy atom. The molecule has 1 aliphatic rings. The summed E-state index contributed by atoms with van der Waals surface area (Å²) in [7, 11) is 0. The third-order valence-corrected chi connectivity index (χ3v) is 6.01. The normalized spacial score (nSPS) is 14.2. The summed E-state index contributed by atoms with van der Waals surface area (Å²) >= 11 is 13.5. The average molecular weight is 394 g/mol. The molecular formula is C18H17Cl2N3OS. The summed E-state index contributed by atoms with van der Waals surface area (Å²) in [4.78, 5) is 16.1. The molecule has 25 heavy (non-hydrogen) atoms. The molecule has 0 atom stereocenters. The molecule has 1 amide bonds. The molecule has 3 rings (SSSR count). The van der Waals surface area contributed by atoms with E-state index in [4.69, 9.17) is 23.2 Å². The lowest BCUT2D eigenvalue weighted by Crippen LogP contribution is -2.35. The van der Waals surface area contributed by atoms with E-state index in [9.17, 15) is 10.1 Å². The maximum Gasteiger partial charge on any atom is 0.257 e. The minimum atomic E-state index is -0.336. The van der Waals surface area contributed by atoms with Crippen LogP contribution in [0.1, 0.15) is 40.2 Å². The number of carbonyl (C=O) groups is 1. The van der Waals surface area contributed by atoms with Crippen LogP contribution >= 0.6 is 34.5 Å². The second-order valence-corrected chi connectivity index (χ2v) is 8.16. The number of nitrogens with zero attached hydrogens (tertiary/aromatic N) is 2. The molecule has 130 valence electrons. The van der Waals surface area contributed by atoms with Crippen LogP contribution in [0.25, 0.3) is 0 Å². The number of fused-ring (bicyclic) bond motifs is 1. The number of rotatable bonds is 3. The number of nitrogens with one attached hydrogen (secondary N) is 1. The topological polar surface area (TPSA) is 56.1 Å². The Hall–Kier alpha value is -1.58. The SMILES string of the molecule is CC(C)N1CCc2c(sc(NC(=O)c3ccc(Cl)cc3Cl)c2C#N)C1. The van der Waals surface area contributed by atoms with Crippen molar-refractivity contribution in [3.05, 3.63) is 49.8 Å². The van der Waals surface area contributed by atoms with E-state index in [2.05, 4.69) is 30.1 Å². The average Bonchev–Trinajstić information content (AvgIpc) is 2.90. The van der Waals surface area contributed by atoms with Gasteiger partial charge in [0.15, 0.2) is 0 Å². The number of nitriles is 1. The molecule has 0 fully saturated rings. The standard InChI is InChI=1S/C18H17Cl2N3OS/c1-10(2)23-6-5-12-14(8-21)18(25-16(12)9-23)22-17(24)13-4-3-11(19)7-15(13)20/h3-4,7,10H,5-6,9H2,1-2H3,(H,22,24). The summed E-state index contributed by atoms with van der Waals surface area (Å²) in [6.45, 7) is 6.06. The summed E-state index contributed by atoms with van der Waals surface area (Å²) in [5.74, 6) is -0.336. The van der Waals surface area contributed by atoms with Crippen molar-refractivity contribution < 1.29 is 4.79 Å². The third-order valence-electron chi connectivity index (χ3n) is 4.33. The smallest absolute Gasteiger partial charge is 0.257 e. The van der Waals surface area contributed by atoms with Crippen LogP contribution in [-0.4, -0.2) is 23.4 Å². The lowest BCUT2D eigenvalue weighted by molar-refractivity contribution is 0.102. The van der Waals surface area contributed by atoms with Crippen molar-refractivity contribution >= 4 is 45.4 Å². The van der Waals surface area contributed by atoms with Gasteiger partial charge < -0.3 is 5.32 Å². The van der Waals surface area contributed by atoms with Gasteiger partial charge in [-0.2, -0.15) is 5.26 Å². The van der Waals surface area contributed by atoms with Crippen molar-refractivity contribution in [2.75, 3.05) is 11.9 Å². The van der Waals surface area contributed by atoms with Crippen molar-refractivity contribution in [1.82, 2.24) is 4.90 Å². The van der Waals surface area contributed by atoms with E-state index in [1.54, 1.807) is 12.1 Å². The molecular weight excluding hydrogens is 377 g/mol. The van der Waals surface area contributed by atoms with E-state index in [0.717, 1.165) is 30.0 Å². The fourth-order valence-electron chi connectivity index (χ4n) is 2.91. The Kier molecular flexibility index (Phi) is 5.35. The van der Waals surface area contributed by atoms with Crippen LogP contribution < -0.4 is 5.32 Å². The molecule has 1 aromatic carbocycles. The highest BCUT2D eigenvalue weighted by atomic mass is 35.5. The molecule has 0 saturated heterocycles. The predicted molar refractivity (Wildman–Crippen MR) is 103 cm³/mol. The minimum absolute atomic E-state index is 0.288. The zero-order valence-corrected chi connectivity index (χ0v) is 16.2. The highest BCUT2D eigenvalue weighted by molar-refractivity contribution is 7.16. The van der Waals surface area contributed by atoms with Crippen LogP contribution in [0.2, 0.25) is 10.0 Å². The monoisotopic (exact) mass is 393 g/mol. The van der Waals surface area contributed by atoms with Gasteiger partial charge in [0.1, 0.15) is 11.1 Å². The summed E-state index contributed by atoms with van der Waals surface area (Å²) in [5, 5.41) is 13.8. The van der Waals surface area contributed by atoms with Crippen LogP contribution in [0.4, 0.5) is 5.00 Å². The third kappa shape index (κ3) is 3.68. The number of anilines is 1. The number of amides is 1. The highest BCUT2D eigenvalue weighted by Crippen LogP contribution is 2.37. The van der Waals surface area contributed by atoms with E-state index in [-0.39, 0.29) is 10.9 Å². The summed E-state index contributed by atoms with van der Waals surface area (Å²) in [6.07, 6.45) is 0.824. The molecule has 2 aromatic rings. The lowest BCUT2D eigenvalue weighted by Gasteiger charge is -2.30. The largest absolute Gasteiger partial charge is 0.312 e. The first kappa shape index (κ1) is 18.2. The van der Waals surface area contributed by atoms with Crippen LogP contribution in [0, 0.1) is 11.3 Å². The fraction of sp³-hybridized carbons (Fsp3) is 0.333. The number of halogens is 2. The predicted octanol–water partition coefficient (Wildman–Crippen LogP) is 4.95. The fourth-order valence-corrected chi connectivity index (χ4v) is 4.63. The number of hydrogen-bond donors (Lipinski definition) is 1. The van der Waals surface area contributed by atoms with Gasteiger partial charge in [0.05, 0.1) is 16.1 Å². The van der Waals surface area contributed by atoms with Crippen molar-refractivity contribution in [3.8, 4) is 6.07 Å². The van der Waals surface area contributed by atoms with Crippen molar-refractivity contribution in [1.29, 1.82) is 5.26 Å². The molecule has 4 nitrogen and oxygen atoms in total. The van der Waals surface area contributed by atoms with E-state index in [0.29, 0.717) is 27.2 Å². The number of hydrogen-bond acceptors (Lipinski definition) is 4. The Balaban J connectivity index is 1.88. The van der Waals surface area contributed by atoms with Crippen LogP contribution in [0.15, 0.2) is 18.2 Å². The van der Waals surface area contributed by atoms with Gasteiger partial charge in [0, 0.05) is 29.0 Å². The van der Waals surface area contributed by atoms with Gasteiger partial charge in [-0.25, -0.2) is 0 Å². The Morgan fingerprint density at radius 1 is 1.40 bits per heavy atom. The van der Waals surface area contributed by atoms with Gasteiger partial charge in [-0.1, -0.05) is 23.2 Å². The van der Waals surface area contributed by atoms with Crippen LogP contribution in [0.3, 0.4) is 0 Å². The maximum absolute atomic E-state index is 12.5. The second kappa shape index (κ2) is 7.35. The molecule has 1 aliphatic heterocycles. The molecule has 0 spiro atoms. The molecule has 2 heterocycles. The van der Waals surface area contributed by atoms with Gasteiger partial charge in [0.2, 0.25) is 0 Å². The van der Waals surface area contributed by atoms with E-state index >= 15 is 0 Å². The molecule has 0 aliphatic carbocycles. The van der Waals surface area contributed by atoms with Gasteiger partial charge in [-0.05, 0) is 44.0 Å². The van der Waals surface area contributed by atoms with E-state index < -0.39 is 0 Å². The van der Waals surface area contributed by atoms with Gasteiger partial charge >= 0.3 is 0 Å². The molecule has 0 saturated carbocycles. The zero-order chi connectivity index (χ0) is 18.1. The zero-order valence-electron chi connectivity index (χ0n) is 13.9. The van der Waals surface area contributed by atoms with E-state index in [1.807, 2.05) is 0 Å². The van der Waals surface area contributed by atoms with Gasteiger partial charge in [-0.15, -0.1) is 11.3 Å². The minimum Gasteiger partial charge on any atom is -0.312 e. The Bertz CT molecular complexity index is 870.